The number of nitrogens with one attached hydrogen (secondary N) is 2. The van der Waals surface area contributed by atoms with Crippen molar-refractivity contribution in [1.29, 1.82) is 0 Å². The van der Waals surface area contributed by atoms with Crippen molar-refractivity contribution in [1.82, 2.24) is 4.72 Å². The van der Waals surface area contributed by atoms with E-state index in [0.717, 1.165) is 12.8 Å². The fraction of sp³-hybridized carbons (Fsp3) is 0.312. The van der Waals surface area contributed by atoms with Gasteiger partial charge in [0, 0.05) is 18.8 Å². The first-order valence-electron chi connectivity index (χ1n) is 7.61. The number of carbonyl (C=O) groups is 1. The fourth-order valence-electron chi connectivity index (χ4n) is 2.41. The first-order chi connectivity index (χ1) is 11.5. The molecule has 0 radical (unpaired) electrons. The number of amides is 1. The Kier molecular flexibility index (Phi) is 4.98. The molecular formula is C16H18N2O5S. The quantitative estimate of drug-likeness (QED) is 0.830. The Labute approximate surface area is 140 Å². The zero-order valence-corrected chi connectivity index (χ0v) is 13.7. The molecule has 2 aromatic rings. The molecule has 0 aliphatic carbocycles. The van der Waals surface area contributed by atoms with Crippen molar-refractivity contribution in [3.05, 3.63) is 48.4 Å². The van der Waals surface area contributed by atoms with E-state index in [2.05, 4.69) is 10.0 Å². The summed E-state index contributed by atoms with van der Waals surface area (Å²) in [7, 11) is -3.60. The summed E-state index contributed by atoms with van der Waals surface area (Å²) in [6.45, 7) is 0.940. The number of benzene rings is 1. The van der Waals surface area contributed by atoms with Crippen LogP contribution in [-0.4, -0.2) is 33.6 Å². The number of carbonyl (C=O) groups excluding carboxylic acids is 1. The summed E-state index contributed by atoms with van der Waals surface area (Å²) in [6.07, 6.45) is 3.16. The van der Waals surface area contributed by atoms with E-state index < -0.39 is 15.9 Å². The van der Waals surface area contributed by atoms with Crippen LogP contribution >= 0.6 is 0 Å². The molecule has 0 spiro atoms. The normalized spacial score (nSPS) is 17.8. The number of anilines is 1. The third-order valence-corrected chi connectivity index (χ3v) is 5.13. The highest BCUT2D eigenvalue weighted by atomic mass is 32.2. The monoisotopic (exact) mass is 350 g/mol. The molecule has 1 aromatic heterocycles. The lowest BCUT2D eigenvalue weighted by molar-refractivity contribution is 0.0996. The molecule has 1 aromatic carbocycles. The molecule has 1 amide bonds. The predicted molar refractivity (Wildman–Crippen MR) is 87.3 cm³/mol. The van der Waals surface area contributed by atoms with E-state index in [1.807, 2.05) is 0 Å². The summed E-state index contributed by atoms with van der Waals surface area (Å²) < 4.78 is 37.4. The SMILES string of the molecule is O=C(Nc1ccc(S(=O)(=O)NCC2CCCO2)cc1)c1ccco1. The Bertz CT molecular complexity index is 778. The highest BCUT2D eigenvalue weighted by Crippen LogP contribution is 2.16. The number of hydrogen-bond donors (Lipinski definition) is 2. The van der Waals surface area contributed by atoms with Gasteiger partial charge in [-0.25, -0.2) is 13.1 Å². The number of rotatable bonds is 6. The van der Waals surface area contributed by atoms with E-state index >= 15 is 0 Å². The molecule has 2 N–H and O–H groups in total. The van der Waals surface area contributed by atoms with Crippen molar-refractivity contribution < 1.29 is 22.4 Å². The third kappa shape index (κ3) is 4.02. The Hall–Kier alpha value is -2.16. The van der Waals surface area contributed by atoms with Crippen LogP contribution in [-0.2, 0) is 14.8 Å². The van der Waals surface area contributed by atoms with Gasteiger partial charge in [-0.05, 0) is 49.2 Å². The van der Waals surface area contributed by atoms with Crippen LogP contribution in [0.2, 0.25) is 0 Å². The molecule has 1 aliphatic rings. The summed E-state index contributed by atoms with van der Waals surface area (Å²) in [5, 5.41) is 2.63. The molecule has 8 heteroatoms. The molecule has 1 fully saturated rings. The molecule has 24 heavy (non-hydrogen) atoms. The smallest absolute Gasteiger partial charge is 0.291 e. The molecule has 3 rings (SSSR count). The molecule has 128 valence electrons. The summed E-state index contributed by atoms with van der Waals surface area (Å²) in [4.78, 5) is 12.0. The Morgan fingerprint density at radius 3 is 2.62 bits per heavy atom. The average molecular weight is 350 g/mol. The van der Waals surface area contributed by atoms with E-state index in [1.165, 1.54) is 30.5 Å². The first kappa shape index (κ1) is 16.7. The molecule has 7 nitrogen and oxygen atoms in total. The van der Waals surface area contributed by atoms with Gasteiger partial charge in [-0.1, -0.05) is 0 Å². The number of sulfonamides is 1. The molecular weight excluding hydrogens is 332 g/mol. The zero-order valence-electron chi connectivity index (χ0n) is 12.9. The summed E-state index contributed by atoms with van der Waals surface area (Å²) in [6, 6.07) is 9.10. The Morgan fingerprint density at radius 2 is 2.00 bits per heavy atom. The van der Waals surface area contributed by atoms with Crippen LogP contribution in [0.3, 0.4) is 0 Å². The van der Waals surface area contributed by atoms with Crippen molar-refractivity contribution in [2.24, 2.45) is 0 Å². The second-order valence-corrected chi connectivity index (χ2v) is 7.21. The van der Waals surface area contributed by atoms with Crippen LogP contribution in [0.1, 0.15) is 23.4 Å². The maximum absolute atomic E-state index is 12.2. The molecule has 2 heterocycles. The maximum atomic E-state index is 12.2. The Morgan fingerprint density at radius 1 is 1.21 bits per heavy atom. The summed E-state index contributed by atoms with van der Waals surface area (Å²) in [5.41, 5.74) is 0.481. The van der Waals surface area contributed by atoms with Crippen molar-refractivity contribution in [2.75, 3.05) is 18.5 Å². The minimum absolute atomic E-state index is 0.0633. The van der Waals surface area contributed by atoms with Gasteiger partial charge in [-0.3, -0.25) is 4.79 Å². The van der Waals surface area contributed by atoms with Crippen LogP contribution in [0.5, 0.6) is 0 Å². The van der Waals surface area contributed by atoms with E-state index in [0.29, 0.717) is 12.3 Å². The van der Waals surface area contributed by atoms with Crippen LogP contribution in [0.25, 0.3) is 0 Å². The lowest BCUT2D eigenvalue weighted by Gasteiger charge is -2.11. The van der Waals surface area contributed by atoms with Crippen LogP contribution < -0.4 is 10.0 Å². The van der Waals surface area contributed by atoms with Crippen LogP contribution in [0.15, 0.2) is 52.0 Å². The molecule has 1 aliphatic heterocycles. The van der Waals surface area contributed by atoms with Gasteiger partial charge in [0.05, 0.1) is 17.3 Å². The summed E-state index contributed by atoms with van der Waals surface area (Å²) in [5.74, 6) is -0.211. The minimum atomic E-state index is -3.60. The van der Waals surface area contributed by atoms with E-state index in [1.54, 1.807) is 12.1 Å². The topological polar surface area (TPSA) is 97.6 Å². The molecule has 1 saturated heterocycles. The predicted octanol–water partition coefficient (Wildman–Crippen LogP) is 1.99. The van der Waals surface area contributed by atoms with Crippen molar-refractivity contribution in [3.8, 4) is 0 Å². The van der Waals surface area contributed by atoms with Gasteiger partial charge in [-0.2, -0.15) is 0 Å². The molecule has 1 unspecified atom stereocenters. The fourth-order valence-corrected chi connectivity index (χ4v) is 3.48. The Balaban J connectivity index is 1.61. The molecule has 0 saturated carbocycles. The summed E-state index contributed by atoms with van der Waals surface area (Å²) >= 11 is 0. The van der Waals surface area contributed by atoms with Gasteiger partial charge in [0.25, 0.3) is 5.91 Å². The van der Waals surface area contributed by atoms with Crippen LogP contribution in [0, 0.1) is 0 Å². The van der Waals surface area contributed by atoms with Gasteiger partial charge < -0.3 is 14.5 Å². The van der Waals surface area contributed by atoms with Crippen molar-refractivity contribution in [3.63, 3.8) is 0 Å². The maximum Gasteiger partial charge on any atom is 0.291 e. The van der Waals surface area contributed by atoms with Crippen molar-refractivity contribution in [2.45, 2.75) is 23.8 Å². The van der Waals surface area contributed by atoms with Crippen molar-refractivity contribution >= 4 is 21.6 Å². The highest BCUT2D eigenvalue weighted by Gasteiger charge is 2.20. The van der Waals surface area contributed by atoms with Gasteiger partial charge in [-0.15, -0.1) is 0 Å². The number of furan rings is 1. The lowest BCUT2D eigenvalue weighted by Crippen LogP contribution is -2.31. The second kappa shape index (κ2) is 7.16. The minimum Gasteiger partial charge on any atom is -0.459 e. The number of hydrogen-bond acceptors (Lipinski definition) is 5. The van der Waals surface area contributed by atoms with Gasteiger partial charge >= 0.3 is 0 Å². The molecule has 1 atom stereocenters. The molecule has 0 bridgehead atoms. The van der Waals surface area contributed by atoms with E-state index in [4.69, 9.17) is 9.15 Å². The van der Waals surface area contributed by atoms with Gasteiger partial charge in [0.15, 0.2) is 5.76 Å². The largest absolute Gasteiger partial charge is 0.459 e. The van der Waals surface area contributed by atoms with Crippen LogP contribution in [0.4, 0.5) is 5.69 Å². The average Bonchev–Trinajstić information content (AvgIpc) is 3.27. The van der Waals surface area contributed by atoms with E-state index in [9.17, 15) is 13.2 Å². The second-order valence-electron chi connectivity index (χ2n) is 5.44. The highest BCUT2D eigenvalue weighted by molar-refractivity contribution is 7.89. The van der Waals surface area contributed by atoms with Gasteiger partial charge in [0.1, 0.15) is 0 Å². The lowest BCUT2D eigenvalue weighted by atomic mass is 10.2. The first-order valence-corrected chi connectivity index (χ1v) is 9.09. The van der Waals surface area contributed by atoms with Gasteiger partial charge in [0.2, 0.25) is 10.0 Å². The third-order valence-electron chi connectivity index (χ3n) is 3.69. The van der Waals surface area contributed by atoms with E-state index in [-0.39, 0.29) is 23.3 Å². The number of ether oxygens (including phenoxy) is 1. The standard InChI is InChI=1S/C16H18N2O5S/c19-16(15-4-2-10-23-15)18-12-5-7-14(8-6-12)24(20,21)17-11-13-3-1-9-22-13/h2,4-8,10,13,17H,1,3,9,11H2,(H,18,19). The zero-order chi connectivity index (χ0) is 17.0.